The molecule has 46 valence electrons. The van der Waals surface area contributed by atoms with E-state index in [0.717, 1.165) is 10.7 Å². The lowest BCUT2D eigenvalue weighted by atomic mass is 10.4. The fourth-order valence-corrected chi connectivity index (χ4v) is 1.24. The zero-order valence-electron chi connectivity index (χ0n) is 4.50. The van der Waals surface area contributed by atoms with E-state index in [1.165, 1.54) is 0 Å². The summed E-state index contributed by atoms with van der Waals surface area (Å²) in [6, 6.07) is 0. The average molecular weight is 140 g/mol. The maximum atomic E-state index is 4.60. The first kappa shape index (κ1) is 4.93. The van der Waals surface area contributed by atoms with Gasteiger partial charge >= 0.3 is 0 Å². The van der Waals surface area contributed by atoms with Gasteiger partial charge in [0.05, 0.1) is 0 Å². The Morgan fingerprint density at radius 1 is 1.67 bits per heavy atom. The second-order valence-corrected chi connectivity index (χ2v) is 2.51. The molecule has 0 aromatic heterocycles. The van der Waals surface area contributed by atoms with Crippen LogP contribution < -0.4 is 5.48 Å². The Kier molecular flexibility index (Phi) is 0.989. The highest BCUT2D eigenvalue weighted by Crippen LogP contribution is 2.20. The Balaban J connectivity index is 2.37. The van der Waals surface area contributed by atoms with Crippen molar-refractivity contribution < 1.29 is 4.94 Å². The van der Waals surface area contributed by atoms with Crippen LogP contribution in [0.4, 0.5) is 0 Å². The van der Waals surface area contributed by atoms with Crippen molar-refractivity contribution in [3.8, 4) is 0 Å². The molecule has 9 heavy (non-hydrogen) atoms. The van der Waals surface area contributed by atoms with Crippen LogP contribution in [-0.2, 0) is 4.94 Å². The predicted octanol–water partition coefficient (Wildman–Crippen LogP) is 0.979. The maximum absolute atomic E-state index is 4.60. The first-order valence-corrected chi connectivity index (χ1v) is 3.39. The molecule has 2 heterocycles. The van der Waals surface area contributed by atoms with Gasteiger partial charge in [-0.3, -0.25) is 4.94 Å². The first-order valence-electron chi connectivity index (χ1n) is 2.51. The lowest BCUT2D eigenvalue weighted by molar-refractivity contribution is 0.0907. The van der Waals surface area contributed by atoms with Gasteiger partial charge in [0.1, 0.15) is 5.70 Å². The molecule has 2 rings (SSSR count). The zero-order chi connectivity index (χ0) is 6.10. The highest BCUT2D eigenvalue weighted by Gasteiger charge is 2.15. The van der Waals surface area contributed by atoms with Crippen LogP contribution in [0.15, 0.2) is 28.4 Å². The van der Waals surface area contributed by atoms with Crippen molar-refractivity contribution in [3.63, 3.8) is 0 Å². The van der Waals surface area contributed by atoms with Crippen molar-refractivity contribution in [2.75, 3.05) is 0 Å². The summed E-state index contributed by atoms with van der Waals surface area (Å²) in [6.07, 6.45) is 3.86. The molecule has 0 atom stereocenters. The number of nitrogens with one attached hydrogen (secondary N) is 1. The number of hydrogen-bond donors (Lipinski definition) is 1. The molecular weight excluding hydrogens is 136 g/mol. The molecule has 2 aliphatic rings. The van der Waals surface area contributed by atoms with Gasteiger partial charge < -0.3 is 0 Å². The van der Waals surface area contributed by atoms with E-state index in [0.29, 0.717) is 0 Å². The van der Waals surface area contributed by atoms with Crippen LogP contribution in [0.3, 0.4) is 0 Å². The van der Waals surface area contributed by atoms with E-state index >= 15 is 0 Å². The van der Waals surface area contributed by atoms with Crippen LogP contribution in [-0.4, -0.2) is 5.04 Å². The van der Waals surface area contributed by atoms with E-state index in [1.807, 2.05) is 17.6 Å². The second kappa shape index (κ2) is 1.80. The molecule has 0 spiro atoms. The number of thioether (sulfide) groups is 1. The van der Waals surface area contributed by atoms with E-state index < -0.39 is 0 Å². The van der Waals surface area contributed by atoms with Crippen LogP contribution in [0.25, 0.3) is 0 Å². The third kappa shape index (κ3) is 0.712. The highest BCUT2D eigenvalue weighted by molar-refractivity contribution is 8.17. The molecule has 2 aliphatic heterocycles. The van der Waals surface area contributed by atoms with Crippen molar-refractivity contribution in [1.29, 1.82) is 0 Å². The monoisotopic (exact) mass is 140 g/mol. The van der Waals surface area contributed by atoms with Crippen LogP contribution >= 0.6 is 11.8 Å². The molecule has 0 aliphatic carbocycles. The number of oxime groups is 1. The molecule has 0 radical (unpaired) electrons. The SMILES string of the molecule is C1=CSC2=NONC2=C1. The number of nitrogens with zero attached hydrogens (tertiary/aromatic N) is 1. The Morgan fingerprint density at radius 3 is 3.56 bits per heavy atom. The number of fused-ring (bicyclic) bond motifs is 1. The predicted molar refractivity (Wildman–Crippen MR) is 36.5 cm³/mol. The number of rotatable bonds is 0. The average Bonchev–Trinajstić information content (AvgIpc) is 2.33. The van der Waals surface area contributed by atoms with Crippen molar-refractivity contribution in [3.05, 3.63) is 23.3 Å². The molecule has 0 aromatic carbocycles. The summed E-state index contributed by atoms with van der Waals surface area (Å²) in [5, 5.41) is 6.56. The highest BCUT2D eigenvalue weighted by atomic mass is 32.2. The fraction of sp³-hybridized carbons (Fsp3) is 0. The second-order valence-electron chi connectivity index (χ2n) is 1.62. The minimum atomic E-state index is 0.900. The van der Waals surface area contributed by atoms with Gasteiger partial charge in [0, 0.05) is 0 Å². The minimum Gasteiger partial charge on any atom is -0.269 e. The van der Waals surface area contributed by atoms with Crippen LogP contribution in [0.1, 0.15) is 0 Å². The summed E-state index contributed by atoms with van der Waals surface area (Å²) in [7, 11) is 0. The van der Waals surface area contributed by atoms with Gasteiger partial charge in [-0.15, -0.1) is 0 Å². The van der Waals surface area contributed by atoms with Crippen LogP contribution in [0.2, 0.25) is 0 Å². The molecule has 0 saturated heterocycles. The molecule has 0 bridgehead atoms. The molecule has 0 saturated carbocycles. The normalized spacial score (nSPS) is 21.3. The van der Waals surface area contributed by atoms with Gasteiger partial charge in [-0.25, -0.2) is 0 Å². The molecule has 0 amide bonds. The fourth-order valence-electron chi connectivity index (χ4n) is 0.636. The van der Waals surface area contributed by atoms with E-state index in [-0.39, 0.29) is 0 Å². The summed E-state index contributed by atoms with van der Waals surface area (Å²) in [6.45, 7) is 0. The summed E-state index contributed by atoms with van der Waals surface area (Å²) in [4.78, 5) is 4.60. The Hall–Kier alpha value is -0.900. The lowest BCUT2D eigenvalue weighted by Gasteiger charge is -1.98. The van der Waals surface area contributed by atoms with Crippen molar-refractivity contribution in [2.24, 2.45) is 5.16 Å². The molecule has 4 heteroatoms. The maximum Gasteiger partial charge on any atom is 0.169 e. The number of hydroxylamine groups is 1. The van der Waals surface area contributed by atoms with Gasteiger partial charge in [-0.2, -0.15) is 5.48 Å². The van der Waals surface area contributed by atoms with Crippen LogP contribution in [0, 0.1) is 0 Å². The van der Waals surface area contributed by atoms with Crippen molar-refractivity contribution in [1.82, 2.24) is 5.48 Å². The molecule has 1 N–H and O–H groups in total. The molecule has 0 fully saturated rings. The van der Waals surface area contributed by atoms with Gasteiger partial charge in [0.2, 0.25) is 0 Å². The Bertz CT molecular complexity index is 219. The van der Waals surface area contributed by atoms with E-state index in [1.54, 1.807) is 11.8 Å². The van der Waals surface area contributed by atoms with Crippen LogP contribution in [0.5, 0.6) is 0 Å². The Morgan fingerprint density at radius 2 is 2.67 bits per heavy atom. The van der Waals surface area contributed by atoms with Gasteiger partial charge in [-0.1, -0.05) is 17.8 Å². The van der Waals surface area contributed by atoms with E-state index in [9.17, 15) is 0 Å². The quantitative estimate of drug-likeness (QED) is 0.544. The summed E-state index contributed by atoms with van der Waals surface area (Å²) >= 11 is 1.55. The molecule has 0 aromatic rings. The molecular formula is C5H4N2OS. The minimum absolute atomic E-state index is 0.900. The lowest BCUT2D eigenvalue weighted by Crippen LogP contribution is -2.07. The third-order valence-electron chi connectivity index (χ3n) is 1.04. The van der Waals surface area contributed by atoms with E-state index in [2.05, 4.69) is 15.6 Å². The number of hydrogen-bond acceptors (Lipinski definition) is 4. The van der Waals surface area contributed by atoms with Gasteiger partial charge in [0.15, 0.2) is 5.04 Å². The Labute approximate surface area is 56.4 Å². The van der Waals surface area contributed by atoms with Gasteiger partial charge in [0.25, 0.3) is 0 Å². The summed E-state index contributed by atoms with van der Waals surface area (Å²) in [5.74, 6) is 0. The zero-order valence-corrected chi connectivity index (χ0v) is 5.31. The topological polar surface area (TPSA) is 33.6 Å². The number of allylic oxidation sites excluding steroid dienone is 2. The van der Waals surface area contributed by atoms with E-state index in [4.69, 9.17) is 0 Å². The molecule has 0 unspecified atom stereocenters. The standard InChI is InChI=1S/C5H4N2OS/c1-2-4-5(9-3-1)7-8-6-4/h1-3,6H. The first-order chi connectivity index (χ1) is 4.47. The smallest absolute Gasteiger partial charge is 0.169 e. The largest absolute Gasteiger partial charge is 0.269 e. The summed E-state index contributed by atoms with van der Waals surface area (Å²) < 4.78 is 0. The summed E-state index contributed by atoms with van der Waals surface area (Å²) in [5.41, 5.74) is 3.59. The van der Waals surface area contributed by atoms with Gasteiger partial charge in [-0.05, 0) is 16.6 Å². The van der Waals surface area contributed by atoms with Crippen molar-refractivity contribution in [2.45, 2.75) is 0 Å². The third-order valence-corrected chi connectivity index (χ3v) is 1.85. The van der Waals surface area contributed by atoms with Crippen molar-refractivity contribution >= 4 is 16.8 Å². The molecule has 3 nitrogen and oxygen atoms in total.